The van der Waals surface area contributed by atoms with Gasteiger partial charge in [0.2, 0.25) is 5.91 Å². The van der Waals surface area contributed by atoms with Gasteiger partial charge < -0.3 is 5.32 Å². The van der Waals surface area contributed by atoms with Crippen molar-refractivity contribution < 1.29 is 9.59 Å². The Morgan fingerprint density at radius 3 is 2.61 bits per heavy atom. The zero-order valence-electron chi connectivity index (χ0n) is 14.0. The molecule has 1 aliphatic carbocycles. The summed E-state index contributed by atoms with van der Waals surface area (Å²) in [5.74, 6) is 0.131. The van der Waals surface area contributed by atoms with Crippen LogP contribution in [0.15, 0.2) is 0 Å². The molecule has 0 bridgehead atoms. The third kappa shape index (κ3) is 4.18. The first kappa shape index (κ1) is 16.6. The number of ketones is 1. The number of hydrogen-bond donors (Lipinski definition) is 1. The number of Topliss-reactive ketones (excluding diaryl/α,β-unsaturated/α-hetero) is 1. The van der Waals surface area contributed by atoms with Crippen LogP contribution in [-0.4, -0.2) is 41.2 Å². The van der Waals surface area contributed by atoms with E-state index in [9.17, 15) is 9.59 Å². The van der Waals surface area contributed by atoms with E-state index in [4.69, 9.17) is 0 Å². The smallest absolute Gasteiger partial charge is 0.240 e. The first-order valence-corrected chi connectivity index (χ1v) is 9.30. The first-order valence-electron chi connectivity index (χ1n) is 8.48. The molecule has 0 unspecified atom stereocenters. The maximum Gasteiger partial charge on any atom is 0.240 e. The van der Waals surface area contributed by atoms with Crippen LogP contribution in [0.3, 0.4) is 0 Å². The number of nitrogens with zero attached hydrogens (tertiary/aromatic N) is 2. The van der Waals surface area contributed by atoms with E-state index in [1.807, 2.05) is 0 Å². The summed E-state index contributed by atoms with van der Waals surface area (Å²) in [6, 6.07) is 0. The van der Waals surface area contributed by atoms with E-state index in [-0.39, 0.29) is 17.1 Å². The summed E-state index contributed by atoms with van der Waals surface area (Å²) in [5, 5.41) is 3.46. The zero-order valence-corrected chi connectivity index (χ0v) is 14.8. The van der Waals surface area contributed by atoms with Crippen LogP contribution in [0.4, 0.5) is 5.13 Å². The number of aromatic nitrogens is 1. The molecule has 0 saturated carbocycles. The van der Waals surface area contributed by atoms with Gasteiger partial charge in [0.1, 0.15) is 0 Å². The molecule has 1 aliphatic heterocycles. The third-order valence-electron chi connectivity index (χ3n) is 4.55. The summed E-state index contributed by atoms with van der Waals surface area (Å²) in [5.41, 5.74) is 0.812. The molecule has 2 heterocycles. The highest BCUT2D eigenvalue weighted by Gasteiger charge is 2.34. The Balaban J connectivity index is 1.62. The van der Waals surface area contributed by atoms with Crippen molar-refractivity contribution in [3.05, 3.63) is 10.6 Å². The number of carbonyl (C=O) groups excluding carboxylic acids is 2. The van der Waals surface area contributed by atoms with Crippen molar-refractivity contribution in [3.63, 3.8) is 0 Å². The second-order valence-electron chi connectivity index (χ2n) is 7.47. The Hall–Kier alpha value is -1.27. The molecule has 0 radical (unpaired) electrons. The van der Waals surface area contributed by atoms with E-state index in [0.717, 1.165) is 30.1 Å². The van der Waals surface area contributed by atoms with E-state index in [2.05, 4.69) is 29.0 Å². The molecule has 1 fully saturated rings. The largest absolute Gasteiger partial charge is 0.301 e. The quantitative estimate of drug-likeness (QED) is 0.922. The van der Waals surface area contributed by atoms with Crippen LogP contribution in [0.25, 0.3) is 0 Å². The second-order valence-corrected chi connectivity index (χ2v) is 8.47. The minimum atomic E-state index is -0.0362. The molecule has 1 amide bonds. The molecule has 1 aromatic rings. The lowest BCUT2D eigenvalue weighted by atomic mass is 9.78. The highest BCUT2D eigenvalue weighted by molar-refractivity contribution is 7.17. The van der Waals surface area contributed by atoms with Gasteiger partial charge in [-0.3, -0.25) is 14.5 Å². The fourth-order valence-electron chi connectivity index (χ4n) is 3.43. The maximum atomic E-state index is 12.2. The minimum absolute atomic E-state index is 0.0234. The van der Waals surface area contributed by atoms with Gasteiger partial charge in [-0.25, -0.2) is 4.98 Å². The van der Waals surface area contributed by atoms with Crippen LogP contribution in [-0.2, 0) is 11.2 Å². The molecule has 3 rings (SSSR count). The number of thiazole rings is 1. The summed E-state index contributed by atoms with van der Waals surface area (Å²) in [4.78, 5) is 31.9. The number of fused-ring (bicyclic) bond motifs is 1. The van der Waals surface area contributed by atoms with Crippen LogP contribution in [0.2, 0.25) is 0 Å². The summed E-state index contributed by atoms with van der Waals surface area (Å²) < 4.78 is 0. The molecule has 2 aliphatic rings. The molecule has 1 N–H and O–H groups in total. The Bertz CT molecular complexity index is 601. The van der Waals surface area contributed by atoms with Crippen LogP contribution < -0.4 is 5.32 Å². The number of amides is 1. The number of hydrogen-bond acceptors (Lipinski definition) is 5. The predicted octanol–water partition coefficient (Wildman–Crippen LogP) is 3.11. The summed E-state index contributed by atoms with van der Waals surface area (Å²) in [6.45, 7) is 6.59. The van der Waals surface area contributed by atoms with Gasteiger partial charge in [0.15, 0.2) is 10.9 Å². The van der Waals surface area contributed by atoms with Gasteiger partial charge in [0.05, 0.1) is 17.1 Å². The van der Waals surface area contributed by atoms with E-state index >= 15 is 0 Å². The fraction of sp³-hybridized carbons (Fsp3) is 0.706. The lowest BCUT2D eigenvalue weighted by Crippen LogP contribution is -2.33. The summed E-state index contributed by atoms with van der Waals surface area (Å²) >= 11 is 1.33. The number of anilines is 1. The van der Waals surface area contributed by atoms with Crippen LogP contribution >= 0.6 is 11.3 Å². The Morgan fingerprint density at radius 2 is 1.91 bits per heavy atom. The molecule has 0 spiro atoms. The van der Waals surface area contributed by atoms with Gasteiger partial charge in [-0.2, -0.15) is 0 Å². The SMILES string of the molecule is CC1(C)CC(=O)c2sc(NC(=O)CN3CCCCCC3)nc2C1. The molecule has 6 heteroatoms. The molecule has 5 nitrogen and oxygen atoms in total. The number of nitrogens with one attached hydrogen (secondary N) is 1. The molecule has 1 saturated heterocycles. The molecule has 1 aromatic heterocycles. The Morgan fingerprint density at radius 1 is 1.22 bits per heavy atom. The van der Waals surface area contributed by atoms with Crippen molar-refractivity contribution in [2.24, 2.45) is 5.41 Å². The van der Waals surface area contributed by atoms with Crippen molar-refractivity contribution >= 4 is 28.2 Å². The molecule has 0 atom stereocenters. The van der Waals surface area contributed by atoms with E-state index in [1.54, 1.807) is 0 Å². The molecule has 23 heavy (non-hydrogen) atoms. The first-order chi connectivity index (χ1) is 10.9. The lowest BCUT2D eigenvalue weighted by molar-refractivity contribution is -0.117. The average Bonchev–Trinajstić information content (AvgIpc) is 2.67. The molecular weight excluding hydrogens is 310 g/mol. The van der Waals surface area contributed by atoms with Gasteiger partial charge in [-0.1, -0.05) is 38.0 Å². The maximum absolute atomic E-state index is 12.2. The molecule has 126 valence electrons. The van der Waals surface area contributed by atoms with Crippen molar-refractivity contribution in [1.29, 1.82) is 0 Å². The van der Waals surface area contributed by atoms with Gasteiger partial charge in [-0.15, -0.1) is 0 Å². The van der Waals surface area contributed by atoms with Gasteiger partial charge in [0, 0.05) is 6.42 Å². The van der Waals surface area contributed by atoms with Crippen molar-refractivity contribution in [2.45, 2.75) is 52.4 Å². The minimum Gasteiger partial charge on any atom is -0.301 e. The summed E-state index contributed by atoms with van der Waals surface area (Å²) in [7, 11) is 0. The van der Waals surface area contributed by atoms with E-state index in [1.165, 1.54) is 37.0 Å². The topological polar surface area (TPSA) is 62.3 Å². The Labute approximate surface area is 141 Å². The van der Waals surface area contributed by atoms with Crippen LogP contribution in [0.1, 0.15) is 61.3 Å². The van der Waals surface area contributed by atoms with Gasteiger partial charge >= 0.3 is 0 Å². The molecule has 0 aromatic carbocycles. The van der Waals surface area contributed by atoms with Crippen LogP contribution in [0.5, 0.6) is 0 Å². The number of carbonyl (C=O) groups is 2. The molecular formula is C17H25N3O2S. The number of likely N-dealkylation sites (tertiary alicyclic amines) is 1. The van der Waals surface area contributed by atoms with Gasteiger partial charge in [0.25, 0.3) is 0 Å². The Kier molecular flexibility index (Phi) is 4.82. The fourth-order valence-corrected chi connectivity index (χ4v) is 4.37. The normalized spacial score (nSPS) is 21.6. The van der Waals surface area contributed by atoms with Crippen LogP contribution in [0, 0.1) is 5.41 Å². The van der Waals surface area contributed by atoms with E-state index < -0.39 is 0 Å². The standard InChI is InChI=1S/C17H25N3O2S/c1-17(2)9-12-15(13(21)10-17)23-16(18-12)19-14(22)11-20-7-5-3-4-6-8-20/h3-11H2,1-2H3,(H,18,19,22). The second kappa shape index (κ2) is 6.69. The monoisotopic (exact) mass is 335 g/mol. The highest BCUT2D eigenvalue weighted by atomic mass is 32.1. The van der Waals surface area contributed by atoms with Gasteiger partial charge in [-0.05, 0) is 37.8 Å². The van der Waals surface area contributed by atoms with Crippen molar-refractivity contribution in [2.75, 3.05) is 25.0 Å². The zero-order chi connectivity index (χ0) is 16.4. The van der Waals surface area contributed by atoms with Crippen molar-refractivity contribution in [3.8, 4) is 0 Å². The summed E-state index contributed by atoms with van der Waals surface area (Å²) in [6.07, 6.45) is 6.21. The third-order valence-corrected chi connectivity index (χ3v) is 5.60. The highest BCUT2D eigenvalue weighted by Crippen LogP contribution is 2.38. The lowest BCUT2D eigenvalue weighted by Gasteiger charge is -2.26. The average molecular weight is 335 g/mol. The van der Waals surface area contributed by atoms with E-state index in [0.29, 0.717) is 18.1 Å². The predicted molar refractivity (Wildman–Crippen MR) is 92.1 cm³/mol. The number of rotatable bonds is 3. The van der Waals surface area contributed by atoms with Crippen molar-refractivity contribution in [1.82, 2.24) is 9.88 Å².